The fourth-order valence-corrected chi connectivity index (χ4v) is 4.82. The van der Waals surface area contributed by atoms with E-state index in [0.29, 0.717) is 11.4 Å². The fourth-order valence-electron chi connectivity index (χ4n) is 4.30. The number of fused-ring (bicyclic) bond motifs is 2. The predicted octanol–water partition coefficient (Wildman–Crippen LogP) is 5.41. The summed E-state index contributed by atoms with van der Waals surface area (Å²) in [4.78, 5) is 9.05. The third-order valence-electron chi connectivity index (χ3n) is 5.80. The molecule has 1 atom stereocenters. The van der Waals surface area contributed by atoms with E-state index in [4.69, 9.17) is 11.6 Å². The monoisotopic (exact) mass is 471 g/mol. The lowest BCUT2D eigenvalue weighted by Gasteiger charge is -2.34. The molecule has 1 aromatic carbocycles. The highest BCUT2D eigenvalue weighted by Crippen LogP contribution is 2.46. The van der Waals surface area contributed by atoms with Crippen molar-refractivity contribution in [2.24, 2.45) is 7.05 Å². The molecule has 0 amide bonds. The average molecular weight is 473 g/mol. The number of allylic oxidation sites excluding steroid dienone is 1. The van der Waals surface area contributed by atoms with Gasteiger partial charge in [-0.2, -0.15) is 0 Å². The molecule has 0 bridgehead atoms. The lowest BCUT2D eigenvalue weighted by atomic mass is 9.71. The summed E-state index contributed by atoms with van der Waals surface area (Å²) in [5.74, 6) is 0. The van der Waals surface area contributed by atoms with Gasteiger partial charge in [0.05, 0.1) is 12.0 Å². The molecule has 150 valence electrons. The second-order valence-corrected chi connectivity index (χ2v) is 9.13. The minimum atomic E-state index is -0.350. The standard InChI is InChI=1S/C23H23BrClN3O/c1-23(6-3-7-29,22-13-26-14-28(22)2)20-9-16-8-17(24)12-27-21(16)10-15-4-5-18(25)11-19(15)20/h4-5,8-9,11-14,29H,3,6-7,10H2,1-2H3. The van der Waals surface area contributed by atoms with Crippen molar-refractivity contribution in [1.29, 1.82) is 0 Å². The van der Waals surface area contributed by atoms with Crippen LogP contribution in [-0.2, 0) is 18.9 Å². The number of nitrogens with zero attached hydrogens (tertiary/aromatic N) is 3. The minimum absolute atomic E-state index is 0.146. The number of aliphatic hydroxyl groups is 1. The number of aromatic nitrogens is 3. The molecule has 29 heavy (non-hydrogen) atoms. The van der Waals surface area contributed by atoms with E-state index >= 15 is 0 Å². The Hall–Kier alpha value is -1.95. The van der Waals surface area contributed by atoms with E-state index in [2.05, 4.69) is 61.7 Å². The lowest BCUT2D eigenvalue weighted by Crippen LogP contribution is -2.27. The van der Waals surface area contributed by atoms with Crippen LogP contribution in [0.1, 0.15) is 47.8 Å². The maximum atomic E-state index is 9.60. The zero-order valence-electron chi connectivity index (χ0n) is 16.5. The Labute approximate surface area is 184 Å². The van der Waals surface area contributed by atoms with Gasteiger partial charge in [-0.15, -0.1) is 0 Å². The molecule has 1 aliphatic rings. The zero-order chi connectivity index (χ0) is 20.6. The first-order valence-electron chi connectivity index (χ1n) is 9.65. The largest absolute Gasteiger partial charge is 0.396 e. The molecular weight excluding hydrogens is 450 g/mol. The van der Waals surface area contributed by atoms with Crippen molar-refractivity contribution in [3.8, 4) is 0 Å². The molecule has 0 saturated carbocycles. The Balaban J connectivity index is 2.01. The molecule has 0 aliphatic heterocycles. The van der Waals surface area contributed by atoms with E-state index in [9.17, 15) is 5.11 Å². The van der Waals surface area contributed by atoms with Crippen LogP contribution in [-0.4, -0.2) is 26.2 Å². The van der Waals surface area contributed by atoms with Crippen molar-refractivity contribution in [2.45, 2.75) is 31.6 Å². The third kappa shape index (κ3) is 3.79. The van der Waals surface area contributed by atoms with Crippen LogP contribution in [0.25, 0.3) is 11.6 Å². The second kappa shape index (κ2) is 8.05. The summed E-state index contributed by atoms with van der Waals surface area (Å²) in [6.07, 6.45) is 10.1. The maximum absolute atomic E-state index is 9.60. The van der Waals surface area contributed by atoms with Gasteiger partial charge in [0.2, 0.25) is 0 Å². The number of benzene rings is 1. The van der Waals surface area contributed by atoms with Crippen LogP contribution in [0.2, 0.25) is 5.02 Å². The number of imidazole rings is 1. The van der Waals surface area contributed by atoms with Crippen LogP contribution in [0.5, 0.6) is 0 Å². The van der Waals surface area contributed by atoms with E-state index in [0.717, 1.165) is 39.8 Å². The highest BCUT2D eigenvalue weighted by molar-refractivity contribution is 9.10. The van der Waals surface area contributed by atoms with Gasteiger partial charge >= 0.3 is 0 Å². The third-order valence-corrected chi connectivity index (χ3v) is 6.47. The summed E-state index contributed by atoms with van der Waals surface area (Å²) >= 11 is 10.00. The number of aliphatic hydroxyl groups excluding tert-OH is 1. The Morgan fingerprint density at radius 2 is 2.10 bits per heavy atom. The normalized spacial score (nSPS) is 15.1. The zero-order valence-corrected chi connectivity index (χ0v) is 18.8. The summed E-state index contributed by atoms with van der Waals surface area (Å²) in [5, 5.41) is 10.3. The number of halogens is 2. The summed E-state index contributed by atoms with van der Waals surface area (Å²) in [6, 6.07) is 8.21. The molecule has 1 aliphatic carbocycles. The van der Waals surface area contributed by atoms with Gasteiger partial charge in [-0.05, 0) is 82.2 Å². The van der Waals surface area contributed by atoms with Gasteiger partial charge in [-0.1, -0.05) is 17.7 Å². The smallest absolute Gasteiger partial charge is 0.0945 e. The molecular formula is C23H23BrClN3O. The minimum Gasteiger partial charge on any atom is -0.396 e. The Morgan fingerprint density at radius 3 is 2.83 bits per heavy atom. The van der Waals surface area contributed by atoms with Crippen molar-refractivity contribution in [3.05, 3.63) is 80.6 Å². The van der Waals surface area contributed by atoms with Gasteiger partial charge < -0.3 is 9.67 Å². The summed E-state index contributed by atoms with van der Waals surface area (Å²) in [6.45, 7) is 2.37. The quantitative estimate of drug-likeness (QED) is 0.540. The number of hydrogen-bond donors (Lipinski definition) is 1. The highest BCUT2D eigenvalue weighted by Gasteiger charge is 2.36. The molecule has 3 aromatic rings. The Bertz CT molecular complexity index is 1090. The maximum Gasteiger partial charge on any atom is 0.0945 e. The summed E-state index contributed by atoms with van der Waals surface area (Å²) in [5.41, 5.74) is 6.40. The molecule has 4 rings (SSSR count). The van der Waals surface area contributed by atoms with Crippen molar-refractivity contribution in [2.75, 3.05) is 6.61 Å². The van der Waals surface area contributed by atoms with Crippen LogP contribution in [0.3, 0.4) is 0 Å². The number of hydrogen-bond acceptors (Lipinski definition) is 3. The number of pyridine rings is 1. The van der Waals surface area contributed by atoms with Crippen LogP contribution in [0.4, 0.5) is 0 Å². The number of aryl methyl sites for hydroxylation is 1. The Kier molecular flexibility index (Phi) is 5.65. The molecule has 0 fully saturated rings. The van der Waals surface area contributed by atoms with Crippen LogP contribution in [0, 0.1) is 0 Å². The topological polar surface area (TPSA) is 50.9 Å². The molecule has 2 heterocycles. The first-order chi connectivity index (χ1) is 13.9. The molecule has 1 unspecified atom stereocenters. The van der Waals surface area contributed by atoms with Crippen LogP contribution >= 0.6 is 27.5 Å². The Morgan fingerprint density at radius 1 is 1.28 bits per heavy atom. The van der Waals surface area contributed by atoms with Crippen LogP contribution < -0.4 is 0 Å². The molecule has 0 saturated heterocycles. The SMILES string of the molecule is Cn1cncc1C(C)(CCCO)C1=Cc2cc(Br)cnc2Cc2ccc(Cl)cc21. The summed E-state index contributed by atoms with van der Waals surface area (Å²) in [7, 11) is 2.02. The van der Waals surface area contributed by atoms with Gasteiger partial charge in [0.25, 0.3) is 0 Å². The van der Waals surface area contributed by atoms with Gasteiger partial charge in [-0.25, -0.2) is 4.98 Å². The van der Waals surface area contributed by atoms with Crippen molar-refractivity contribution < 1.29 is 5.11 Å². The first kappa shape index (κ1) is 20.3. The van der Waals surface area contributed by atoms with Crippen LogP contribution in [0.15, 0.2) is 47.5 Å². The van der Waals surface area contributed by atoms with E-state index in [-0.39, 0.29) is 12.0 Å². The summed E-state index contributed by atoms with van der Waals surface area (Å²) < 4.78 is 3.02. The van der Waals surface area contributed by atoms with E-state index < -0.39 is 0 Å². The van der Waals surface area contributed by atoms with E-state index in [1.165, 1.54) is 11.1 Å². The molecule has 0 radical (unpaired) electrons. The van der Waals surface area contributed by atoms with Gasteiger partial charge in [0.15, 0.2) is 0 Å². The predicted molar refractivity (Wildman–Crippen MR) is 121 cm³/mol. The molecule has 6 heteroatoms. The lowest BCUT2D eigenvalue weighted by molar-refractivity contribution is 0.273. The fraction of sp³-hybridized carbons (Fsp3) is 0.304. The molecule has 0 spiro atoms. The highest BCUT2D eigenvalue weighted by atomic mass is 79.9. The van der Waals surface area contributed by atoms with E-state index in [1.807, 2.05) is 31.8 Å². The van der Waals surface area contributed by atoms with Crippen molar-refractivity contribution in [1.82, 2.24) is 14.5 Å². The second-order valence-electron chi connectivity index (χ2n) is 7.77. The van der Waals surface area contributed by atoms with E-state index in [1.54, 1.807) is 0 Å². The van der Waals surface area contributed by atoms with Crippen molar-refractivity contribution >= 4 is 39.2 Å². The molecule has 1 N–H and O–H groups in total. The first-order valence-corrected chi connectivity index (χ1v) is 10.8. The molecule has 4 nitrogen and oxygen atoms in total. The number of rotatable bonds is 5. The van der Waals surface area contributed by atoms with Gasteiger partial charge in [-0.3, -0.25) is 4.98 Å². The average Bonchev–Trinajstić information content (AvgIpc) is 3.06. The molecule has 2 aromatic heterocycles. The van der Waals surface area contributed by atoms with Gasteiger partial charge in [0.1, 0.15) is 0 Å². The van der Waals surface area contributed by atoms with Crippen molar-refractivity contribution in [3.63, 3.8) is 0 Å². The van der Waals surface area contributed by atoms with Gasteiger partial charge in [0, 0.05) is 53.1 Å².